The third kappa shape index (κ3) is 3.81. The second-order valence-electron chi connectivity index (χ2n) is 14.6. The van der Waals surface area contributed by atoms with Crippen LogP contribution in [0, 0.1) is 6.92 Å². The zero-order valence-electron chi connectivity index (χ0n) is 29.4. The summed E-state index contributed by atoms with van der Waals surface area (Å²) in [6, 6.07) is 47.8. The molecule has 0 fully saturated rings. The van der Waals surface area contributed by atoms with Gasteiger partial charge in [0.2, 0.25) is 5.89 Å². The number of aromatic nitrogens is 2. The fourth-order valence-electron chi connectivity index (χ4n) is 9.17. The van der Waals surface area contributed by atoms with Gasteiger partial charge in [-0.3, -0.25) is 0 Å². The highest BCUT2D eigenvalue weighted by Crippen LogP contribution is 2.48. The number of para-hydroxylation sites is 2. The highest BCUT2D eigenvalue weighted by molar-refractivity contribution is 6.94. The van der Waals surface area contributed by atoms with Crippen LogP contribution in [0.2, 0.25) is 0 Å². The molecule has 0 bridgehead atoms. The minimum Gasteiger partial charge on any atom is -0.456 e. The first-order chi connectivity index (χ1) is 26.0. The summed E-state index contributed by atoms with van der Waals surface area (Å²) in [6.45, 7) is 2.11. The highest BCUT2D eigenvalue weighted by Gasteiger charge is 2.45. The van der Waals surface area contributed by atoms with E-state index in [1.807, 2.05) is 24.3 Å². The molecule has 0 saturated carbocycles. The molecule has 0 atom stereocenters. The van der Waals surface area contributed by atoms with E-state index in [1.54, 1.807) is 0 Å². The monoisotopic (exact) mass is 682 g/mol. The topological polar surface area (TPSA) is 50.6 Å². The van der Waals surface area contributed by atoms with Crippen molar-refractivity contribution in [3.05, 3.63) is 139 Å². The number of furan rings is 1. The molecule has 10 aromatic rings. The normalized spacial score (nSPS) is 13.1. The van der Waals surface area contributed by atoms with E-state index in [2.05, 4.69) is 144 Å². The molecule has 0 aliphatic carbocycles. The predicted molar refractivity (Wildman–Crippen MR) is 219 cm³/mol. The van der Waals surface area contributed by atoms with Crippen molar-refractivity contribution in [1.29, 1.82) is 0 Å². The van der Waals surface area contributed by atoms with E-state index < -0.39 is 0 Å². The molecule has 12 rings (SSSR count). The van der Waals surface area contributed by atoms with Crippen molar-refractivity contribution in [1.82, 2.24) is 9.55 Å². The Bertz CT molecular complexity index is 3170. The summed E-state index contributed by atoms with van der Waals surface area (Å²) in [5.41, 5.74) is 17.5. The first-order valence-electron chi connectivity index (χ1n) is 18.1. The molecule has 0 amide bonds. The van der Waals surface area contributed by atoms with E-state index in [9.17, 15) is 0 Å². The predicted octanol–water partition coefficient (Wildman–Crippen LogP) is 10.1. The van der Waals surface area contributed by atoms with Crippen molar-refractivity contribution in [2.75, 3.05) is 23.8 Å². The Kier molecular flexibility index (Phi) is 5.57. The Morgan fingerprint density at radius 2 is 1.42 bits per heavy atom. The van der Waals surface area contributed by atoms with Gasteiger partial charge >= 0.3 is 6.85 Å². The number of benzene rings is 7. The molecule has 0 saturated heterocycles. The van der Waals surface area contributed by atoms with Gasteiger partial charge in [0.1, 0.15) is 16.7 Å². The number of rotatable bonds is 3. The number of hydrogen-bond donors (Lipinski definition) is 0. The molecule has 7 aromatic carbocycles. The Balaban J connectivity index is 1.25. The molecule has 7 heteroatoms. The second kappa shape index (κ2) is 10.2. The molecule has 0 unspecified atom stereocenters. The summed E-state index contributed by atoms with van der Waals surface area (Å²) in [5.74, 6) is 0.622. The molecule has 53 heavy (non-hydrogen) atoms. The summed E-state index contributed by atoms with van der Waals surface area (Å²) >= 11 is 0. The minimum atomic E-state index is -0.158. The molecular weight excluding hydrogens is 651 g/mol. The first-order valence-corrected chi connectivity index (χ1v) is 18.1. The zero-order valence-corrected chi connectivity index (χ0v) is 29.4. The molecule has 2 aliphatic rings. The minimum absolute atomic E-state index is 0.158. The van der Waals surface area contributed by atoms with Gasteiger partial charge in [-0.2, -0.15) is 0 Å². The van der Waals surface area contributed by atoms with Crippen LogP contribution in [0.4, 0.5) is 17.1 Å². The Hall–Kier alpha value is -6.73. The Morgan fingerprint density at radius 3 is 2.25 bits per heavy atom. The first kappa shape index (κ1) is 28.9. The van der Waals surface area contributed by atoms with Crippen molar-refractivity contribution in [2.24, 2.45) is 0 Å². The van der Waals surface area contributed by atoms with Crippen LogP contribution in [0.1, 0.15) is 5.56 Å². The molecule has 2 aliphatic heterocycles. The standard InChI is InChI=1S/C46H31BN4O2/c1-26-21-34-32-22-33-30-13-8-10-16-40(30)52-41(33)25-38(32)51(29-19-17-28(18-20-29)49(2)3)47-35-23-42-36(48-46(53-42)27-11-5-4-6-12-27)24-39(35)50-37-15-9-7-14-31(37)43(26)45(50)44(34)47/h4-25H,1-3H3. The Morgan fingerprint density at radius 1 is 0.642 bits per heavy atom. The zero-order chi connectivity index (χ0) is 35.1. The van der Waals surface area contributed by atoms with E-state index in [0.717, 1.165) is 61.4 Å². The molecule has 250 valence electrons. The fourth-order valence-corrected chi connectivity index (χ4v) is 9.17. The van der Waals surface area contributed by atoms with Gasteiger partial charge in [0.15, 0.2) is 5.58 Å². The lowest BCUT2D eigenvalue weighted by Gasteiger charge is -2.42. The van der Waals surface area contributed by atoms with Crippen LogP contribution in [-0.2, 0) is 0 Å². The molecule has 3 aromatic heterocycles. The van der Waals surface area contributed by atoms with Gasteiger partial charge < -0.3 is 23.1 Å². The summed E-state index contributed by atoms with van der Waals surface area (Å²) in [5, 5.41) is 4.80. The summed E-state index contributed by atoms with van der Waals surface area (Å²) in [6.07, 6.45) is 0. The van der Waals surface area contributed by atoms with Crippen molar-refractivity contribution in [2.45, 2.75) is 6.92 Å². The number of hydrogen-bond acceptors (Lipinski definition) is 5. The quantitative estimate of drug-likeness (QED) is 0.174. The molecule has 0 spiro atoms. The van der Waals surface area contributed by atoms with Crippen LogP contribution in [0.25, 0.3) is 83.1 Å². The van der Waals surface area contributed by atoms with Crippen molar-refractivity contribution < 1.29 is 8.83 Å². The van der Waals surface area contributed by atoms with Crippen molar-refractivity contribution in [3.8, 4) is 28.3 Å². The highest BCUT2D eigenvalue weighted by atomic mass is 16.3. The van der Waals surface area contributed by atoms with Crippen molar-refractivity contribution >= 4 is 89.7 Å². The molecular formula is C46H31BN4O2. The number of anilines is 3. The average Bonchev–Trinajstić information content (AvgIpc) is 3.88. The molecule has 5 heterocycles. The van der Waals surface area contributed by atoms with Crippen LogP contribution in [0.15, 0.2) is 142 Å². The second-order valence-corrected chi connectivity index (χ2v) is 14.6. The summed E-state index contributed by atoms with van der Waals surface area (Å²) < 4.78 is 15.7. The lowest BCUT2D eigenvalue weighted by Crippen LogP contribution is -2.60. The van der Waals surface area contributed by atoms with Gasteiger partial charge in [0.05, 0.1) is 11.0 Å². The van der Waals surface area contributed by atoms with Crippen molar-refractivity contribution in [3.63, 3.8) is 0 Å². The number of nitrogens with zero attached hydrogens (tertiary/aromatic N) is 4. The van der Waals surface area contributed by atoms with E-state index in [4.69, 9.17) is 13.8 Å². The van der Waals surface area contributed by atoms with E-state index in [-0.39, 0.29) is 6.85 Å². The number of fused-ring (bicyclic) bond motifs is 12. The average molecular weight is 683 g/mol. The molecule has 0 radical (unpaired) electrons. The number of oxazole rings is 1. The maximum atomic E-state index is 6.59. The van der Waals surface area contributed by atoms with Crippen LogP contribution in [0.5, 0.6) is 0 Å². The lowest BCUT2D eigenvalue weighted by atomic mass is 9.44. The number of aryl methyl sites for hydroxylation is 1. The maximum Gasteiger partial charge on any atom is 0.333 e. The van der Waals surface area contributed by atoms with E-state index in [1.165, 1.54) is 49.4 Å². The smallest absolute Gasteiger partial charge is 0.333 e. The van der Waals surface area contributed by atoms with E-state index in [0.29, 0.717) is 5.89 Å². The van der Waals surface area contributed by atoms with Crippen LogP contribution in [0.3, 0.4) is 0 Å². The van der Waals surface area contributed by atoms with Gasteiger partial charge in [-0.15, -0.1) is 0 Å². The summed E-state index contributed by atoms with van der Waals surface area (Å²) in [4.78, 5) is 9.73. The van der Waals surface area contributed by atoms with Gasteiger partial charge in [0.25, 0.3) is 0 Å². The third-order valence-corrected chi connectivity index (χ3v) is 11.5. The van der Waals surface area contributed by atoms with Crippen LogP contribution < -0.4 is 20.6 Å². The largest absolute Gasteiger partial charge is 0.456 e. The fraction of sp³-hybridized carbons (Fsp3) is 0.0652. The third-order valence-electron chi connectivity index (χ3n) is 11.5. The summed E-state index contributed by atoms with van der Waals surface area (Å²) in [7, 11) is 4.17. The lowest BCUT2D eigenvalue weighted by molar-refractivity contribution is 0.620. The van der Waals surface area contributed by atoms with Gasteiger partial charge in [-0.1, -0.05) is 60.7 Å². The SMILES string of the molecule is Cc1cc2c3c4c1c1ccccc1n4-c1cc4nc(-c5ccccc5)oc4cc1B3N(c1ccc(N(C)C)cc1)c1cc3oc4ccccc4c3cc1-2. The maximum absolute atomic E-state index is 6.59. The van der Waals surface area contributed by atoms with E-state index >= 15 is 0 Å². The Labute approximate surface area is 305 Å². The molecule has 0 N–H and O–H groups in total. The van der Waals surface area contributed by atoms with Crippen LogP contribution >= 0.6 is 0 Å². The van der Waals surface area contributed by atoms with Crippen LogP contribution in [-0.4, -0.2) is 30.5 Å². The van der Waals surface area contributed by atoms with Gasteiger partial charge in [-0.05, 0) is 95.7 Å². The van der Waals surface area contributed by atoms with Gasteiger partial charge in [0, 0.05) is 75.6 Å². The molecule has 6 nitrogen and oxygen atoms in total. The van der Waals surface area contributed by atoms with Gasteiger partial charge in [-0.25, -0.2) is 4.98 Å².